The van der Waals surface area contributed by atoms with Crippen LogP contribution in [-0.2, 0) is 11.3 Å². The Morgan fingerprint density at radius 1 is 1.30 bits per heavy atom. The van der Waals surface area contributed by atoms with Crippen LogP contribution in [0.15, 0.2) is 18.3 Å². The summed E-state index contributed by atoms with van der Waals surface area (Å²) in [6.07, 6.45) is 9.00. The maximum absolute atomic E-state index is 12.6. The standard InChI is InChI=1S/C20H27N3O4/c24-18(25)20-8-3-4-15(20)12-23(13-20)19(26)22-11-14-7-9-21-17(10-14)27-16-5-1-2-6-16/h7,9-10,15-16H,1-6,8,11-13H2,(H,22,26)(H,24,25)/t15-,20+/m0/s1. The summed E-state index contributed by atoms with van der Waals surface area (Å²) in [5.74, 6) is -0.0783. The van der Waals surface area contributed by atoms with Crippen molar-refractivity contribution >= 4 is 12.0 Å². The van der Waals surface area contributed by atoms with Crippen molar-refractivity contribution in [1.29, 1.82) is 0 Å². The summed E-state index contributed by atoms with van der Waals surface area (Å²) < 4.78 is 5.91. The number of nitrogens with one attached hydrogen (secondary N) is 1. The van der Waals surface area contributed by atoms with Crippen LogP contribution in [0.4, 0.5) is 4.79 Å². The third-order valence-electron chi connectivity index (χ3n) is 6.42. The molecule has 2 saturated carbocycles. The number of pyridine rings is 1. The van der Waals surface area contributed by atoms with Gasteiger partial charge in [0.15, 0.2) is 0 Å². The number of likely N-dealkylation sites (tertiary alicyclic amines) is 1. The Morgan fingerprint density at radius 3 is 2.85 bits per heavy atom. The zero-order valence-corrected chi connectivity index (χ0v) is 15.5. The molecule has 27 heavy (non-hydrogen) atoms. The Labute approximate surface area is 159 Å². The molecular weight excluding hydrogens is 346 g/mol. The Hall–Kier alpha value is -2.31. The van der Waals surface area contributed by atoms with E-state index < -0.39 is 11.4 Å². The molecule has 1 aromatic rings. The summed E-state index contributed by atoms with van der Waals surface area (Å²) in [6.45, 7) is 1.22. The lowest BCUT2D eigenvalue weighted by Gasteiger charge is -2.23. The molecule has 0 bridgehead atoms. The van der Waals surface area contributed by atoms with E-state index in [2.05, 4.69) is 10.3 Å². The van der Waals surface area contributed by atoms with Gasteiger partial charge < -0.3 is 20.1 Å². The minimum Gasteiger partial charge on any atom is -0.481 e. The van der Waals surface area contributed by atoms with Crippen LogP contribution in [0.2, 0.25) is 0 Å². The summed E-state index contributed by atoms with van der Waals surface area (Å²) >= 11 is 0. The van der Waals surface area contributed by atoms with Crippen molar-refractivity contribution in [3.63, 3.8) is 0 Å². The zero-order chi connectivity index (χ0) is 18.9. The van der Waals surface area contributed by atoms with Gasteiger partial charge >= 0.3 is 12.0 Å². The van der Waals surface area contributed by atoms with E-state index >= 15 is 0 Å². The average Bonchev–Trinajstić information content (AvgIpc) is 3.35. The van der Waals surface area contributed by atoms with Gasteiger partial charge in [0.1, 0.15) is 6.10 Å². The Balaban J connectivity index is 1.32. The van der Waals surface area contributed by atoms with Gasteiger partial charge in [0.05, 0.1) is 5.41 Å². The maximum atomic E-state index is 12.6. The average molecular weight is 373 g/mol. The number of ether oxygens (including phenoxy) is 1. The highest BCUT2D eigenvalue weighted by molar-refractivity contribution is 5.80. The molecule has 146 valence electrons. The molecule has 2 atom stereocenters. The molecule has 3 aliphatic rings. The molecule has 2 aliphatic carbocycles. The largest absolute Gasteiger partial charge is 0.481 e. The number of carbonyl (C=O) groups is 2. The van der Waals surface area contributed by atoms with E-state index in [-0.39, 0.29) is 18.1 Å². The van der Waals surface area contributed by atoms with E-state index in [1.807, 2.05) is 12.1 Å². The van der Waals surface area contributed by atoms with E-state index in [1.165, 1.54) is 12.8 Å². The van der Waals surface area contributed by atoms with Crippen molar-refractivity contribution in [2.24, 2.45) is 11.3 Å². The number of aromatic nitrogens is 1. The van der Waals surface area contributed by atoms with Crippen molar-refractivity contribution in [2.45, 2.75) is 57.6 Å². The minimum atomic E-state index is -0.761. The fourth-order valence-electron chi connectivity index (χ4n) is 4.88. The quantitative estimate of drug-likeness (QED) is 0.828. The predicted octanol–water partition coefficient (Wildman–Crippen LogP) is 2.80. The van der Waals surface area contributed by atoms with Crippen molar-refractivity contribution in [3.05, 3.63) is 23.9 Å². The number of hydrogen-bond acceptors (Lipinski definition) is 4. The van der Waals surface area contributed by atoms with Crippen molar-refractivity contribution < 1.29 is 19.4 Å². The summed E-state index contributed by atoms with van der Waals surface area (Å²) in [4.78, 5) is 30.2. The lowest BCUT2D eigenvalue weighted by molar-refractivity contribution is -0.149. The number of carbonyl (C=O) groups excluding carboxylic acids is 1. The second-order valence-electron chi connectivity index (χ2n) is 8.12. The minimum absolute atomic E-state index is 0.0769. The first-order valence-electron chi connectivity index (χ1n) is 9.94. The molecule has 2 amide bonds. The molecule has 3 fully saturated rings. The molecule has 2 heterocycles. The molecule has 0 radical (unpaired) electrons. The molecule has 1 aliphatic heterocycles. The van der Waals surface area contributed by atoms with Gasteiger partial charge in [0.2, 0.25) is 5.88 Å². The normalized spacial score (nSPS) is 27.6. The summed E-state index contributed by atoms with van der Waals surface area (Å²) in [5.41, 5.74) is 0.190. The van der Waals surface area contributed by atoms with E-state index in [0.29, 0.717) is 31.9 Å². The molecule has 0 unspecified atom stereocenters. The van der Waals surface area contributed by atoms with Gasteiger partial charge in [-0.2, -0.15) is 0 Å². The van der Waals surface area contributed by atoms with Gasteiger partial charge in [0.25, 0.3) is 0 Å². The first-order valence-corrected chi connectivity index (χ1v) is 9.94. The SMILES string of the molecule is O=C(NCc1ccnc(OC2CCCC2)c1)N1C[C@@H]2CCC[C@@]2(C(=O)O)C1. The summed E-state index contributed by atoms with van der Waals surface area (Å²) in [7, 11) is 0. The summed E-state index contributed by atoms with van der Waals surface area (Å²) in [5, 5.41) is 12.6. The van der Waals surface area contributed by atoms with Gasteiger partial charge in [-0.3, -0.25) is 4.79 Å². The van der Waals surface area contributed by atoms with Gasteiger partial charge in [0, 0.05) is 31.9 Å². The lowest BCUT2D eigenvalue weighted by atomic mass is 9.81. The third-order valence-corrected chi connectivity index (χ3v) is 6.42. The lowest BCUT2D eigenvalue weighted by Crippen LogP contribution is -2.41. The molecular formula is C20H27N3O4. The molecule has 0 spiro atoms. The van der Waals surface area contributed by atoms with Crippen LogP contribution >= 0.6 is 0 Å². The van der Waals surface area contributed by atoms with Gasteiger partial charge in [-0.05, 0) is 56.1 Å². The van der Waals surface area contributed by atoms with Crippen LogP contribution in [-0.4, -0.2) is 46.2 Å². The fourth-order valence-corrected chi connectivity index (χ4v) is 4.88. The fraction of sp³-hybridized carbons (Fsp3) is 0.650. The Bertz CT molecular complexity index is 719. The first-order chi connectivity index (χ1) is 13.1. The van der Waals surface area contributed by atoms with Gasteiger partial charge in [-0.15, -0.1) is 0 Å². The van der Waals surface area contributed by atoms with Crippen LogP contribution in [0.1, 0.15) is 50.5 Å². The Morgan fingerprint density at radius 2 is 2.11 bits per heavy atom. The molecule has 1 saturated heterocycles. The van der Waals surface area contributed by atoms with E-state index in [9.17, 15) is 14.7 Å². The number of carboxylic acid groups (broad SMARTS) is 1. The van der Waals surface area contributed by atoms with Gasteiger partial charge in [-0.25, -0.2) is 9.78 Å². The third kappa shape index (κ3) is 3.59. The summed E-state index contributed by atoms with van der Waals surface area (Å²) in [6, 6.07) is 3.54. The van der Waals surface area contributed by atoms with E-state index in [4.69, 9.17) is 4.74 Å². The number of rotatable bonds is 5. The van der Waals surface area contributed by atoms with Crippen molar-refractivity contribution in [3.8, 4) is 5.88 Å². The van der Waals surface area contributed by atoms with Crippen LogP contribution in [0, 0.1) is 11.3 Å². The highest BCUT2D eigenvalue weighted by atomic mass is 16.5. The monoisotopic (exact) mass is 373 g/mol. The van der Waals surface area contributed by atoms with Crippen molar-refractivity contribution in [2.75, 3.05) is 13.1 Å². The van der Waals surface area contributed by atoms with E-state index in [0.717, 1.165) is 31.2 Å². The zero-order valence-electron chi connectivity index (χ0n) is 15.5. The number of aliphatic carboxylic acids is 1. The van der Waals surface area contributed by atoms with Crippen LogP contribution in [0.3, 0.4) is 0 Å². The molecule has 0 aromatic carbocycles. The van der Waals surface area contributed by atoms with Crippen LogP contribution in [0.5, 0.6) is 5.88 Å². The van der Waals surface area contributed by atoms with Gasteiger partial charge in [-0.1, -0.05) is 6.42 Å². The van der Waals surface area contributed by atoms with Crippen LogP contribution < -0.4 is 10.1 Å². The second-order valence-corrected chi connectivity index (χ2v) is 8.12. The molecule has 7 nitrogen and oxygen atoms in total. The predicted molar refractivity (Wildman–Crippen MR) is 98.3 cm³/mol. The Kier molecular flexibility index (Phi) is 4.93. The first kappa shape index (κ1) is 18.1. The molecule has 4 rings (SSSR count). The smallest absolute Gasteiger partial charge is 0.317 e. The number of fused-ring (bicyclic) bond motifs is 1. The number of urea groups is 1. The highest BCUT2D eigenvalue weighted by Crippen LogP contribution is 2.48. The van der Waals surface area contributed by atoms with E-state index in [1.54, 1.807) is 11.1 Å². The maximum Gasteiger partial charge on any atom is 0.317 e. The number of amides is 2. The molecule has 7 heteroatoms. The number of carboxylic acids is 1. The second kappa shape index (κ2) is 7.37. The number of hydrogen-bond donors (Lipinski definition) is 2. The molecule has 1 aromatic heterocycles. The van der Waals surface area contributed by atoms with Crippen LogP contribution in [0.25, 0.3) is 0 Å². The van der Waals surface area contributed by atoms with Crippen molar-refractivity contribution in [1.82, 2.24) is 15.2 Å². The molecule has 2 N–H and O–H groups in total. The topological polar surface area (TPSA) is 91.8 Å². The number of nitrogens with zero attached hydrogens (tertiary/aromatic N) is 2. The highest BCUT2D eigenvalue weighted by Gasteiger charge is 2.55.